The lowest BCUT2D eigenvalue weighted by Gasteiger charge is -2.22. The van der Waals surface area contributed by atoms with Gasteiger partial charge in [0, 0.05) is 23.9 Å². The van der Waals surface area contributed by atoms with Crippen molar-refractivity contribution in [1.82, 2.24) is 4.90 Å². The smallest absolute Gasteiger partial charge is 0.410 e. The summed E-state index contributed by atoms with van der Waals surface area (Å²) in [7, 11) is 1.72. The Morgan fingerprint density at radius 3 is 2.08 bits per heavy atom. The number of carbonyl (C=O) groups is 1. The highest BCUT2D eigenvalue weighted by atomic mass is 16.6. The van der Waals surface area contributed by atoms with E-state index < -0.39 is 0 Å². The molecule has 0 atom stereocenters. The molecule has 0 saturated carbocycles. The van der Waals surface area contributed by atoms with Gasteiger partial charge in [0.05, 0.1) is 6.54 Å². The summed E-state index contributed by atoms with van der Waals surface area (Å²) in [5.41, 5.74) is 11.8. The number of amides is 1. The number of nitrogens with two attached hydrogens (primary N) is 1. The lowest BCUT2D eigenvalue weighted by atomic mass is 10.1. The number of fused-ring (bicyclic) bond motifs is 3. The maximum atomic E-state index is 12.7. The molecule has 0 radical (unpaired) electrons. The first kappa shape index (κ1) is 16.2. The Morgan fingerprint density at radius 1 is 0.923 bits per heavy atom. The molecule has 0 aromatic heterocycles. The van der Waals surface area contributed by atoms with Crippen LogP contribution in [0, 0.1) is 0 Å². The maximum absolute atomic E-state index is 12.7. The molecule has 0 fully saturated rings. The van der Waals surface area contributed by atoms with E-state index in [0.29, 0.717) is 12.2 Å². The molecule has 130 valence electrons. The van der Waals surface area contributed by atoms with Crippen LogP contribution in [0.4, 0.5) is 10.5 Å². The molecular formula is C22H20N2O2. The van der Waals surface area contributed by atoms with E-state index in [2.05, 4.69) is 12.1 Å². The van der Waals surface area contributed by atoms with Gasteiger partial charge in [-0.1, -0.05) is 66.7 Å². The van der Waals surface area contributed by atoms with Gasteiger partial charge in [0.15, 0.2) is 6.10 Å². The number of nitrogens with zero attached hydrogens (tertiary/aromatic N) is 1. The fraction of sp³-hybridized carbons (Fsp3) is 0.136. The van der Waals surface area contributed by atoms with E-state index in [4.69, 9.17) is 10.5 Å². The summed E-state index contributed by atoms with van der Waals surface area (Å²) < 4.78 is 5.88. The van der Waals surface area contributed by atoms with Crippen molar-refractivity contribution in [2.24, 2.45) is 0 Å². The standard InChI is InChI=1S/C22H20N2O2/c1-24(14-15-8-2-7-13-20(15)23)22(25)26-21-18-11-5-3-9-16(18)17-10-4-6-12-19(17)21/h2-13,21H,14,23H2,1H3. The summed E-state index contributed by atoms with van der Waals surface area (Å²) >= 11 is 0. The highest BCUT2D eigenvalue weighted by molar-refractivity contribution is 5.79. The number of para-hydroxylation sites is 1. The zero-order valence-corrected chi connectivity index (χ0v) is 14.6. The summed E-state index contributed by atoms with van der Waals surface area (Å²) in [4.78, 5) is 14.2. The van der Waals surface area contributed by atoms with Crippen molar-refractivity contribution in [3.05, 3.63) is 89.5 Å². The Kier molecular flexibility index (Phi) is 4.09. The van der Waals surface area contributed by atoms with E-state index in [0.717, 1.165) is 27.8 Å². The van der Waals surface area contributed by atoms with Crippen molar-refractivity contribution in [2.45, 2.75) is 12.6 Å². The summed E-state index contributed by atoms with van der Waals surface area (Å²) in [6.45, 7) is 0.404. The van der Waals surface area contributed by atoms with E-state index in [1.165, 1.54) is 0 Å². The number of hydrogen-bond donors (Lipinski definition) is 1. The molecule has 0 saturated heterocycles. The Bertz CT molecular complexity index is 922. The second-order valence-corrected chi connectivity index (χ2v) is 6.49. The molecule has 1 aliphatic rings. The van der Waals surface area contributed by atoms with Crippen molar-refractivity contribution >= 4 is 11.8 Å². The van der Waals surface area contributed by atoms with E-state index >= 15 is 0 Å². The largest absolute Gasteiger partial charge is 0.436 e. The molecular weight excluding hydrogens is 324 g/mol. The van der Waals surface area contributed by atoms with Crippen LogP contribution in [0.3, 0.4) is 0 Å². The third-order valence-corrected chi connectivity index (χ3v) is 4.77. The van der Waals surface area contributed by atoms with Gasteiger partial charge in [-0.15, -0.1) is 0 Å². The Balaban J connectivity index is 1.57. The molecule has 3 aromatic carbocycles. The average molecular weight is 344 g/mol. The molecule has 4 rings (SSSR count). The minimum Gasteiger partial charge on any atom is -0.436 e. The highest BCUT2D eigenvalue weighted by Gasteiger charge is 2.31. The zero-order valence-electron chi connectivity index (χ0n) is 14.6. The van der Waals surface area contributed by atoms with Gasteiger partial charge in [-0.2, -0.15) is 0 Å². The van der Waals surface area contributed by atoms with Crippen molar-refractivity contribution in [3.63, 3.8) is 0 Å². The van der Waals surface area contributed by atoms with E-state index in [-0.39, 0.29) is 12.2 Å². The molecule has 2 N–H and O–H groups in total. The van der Waals surface area contributed by atoms with Crippen LogP contribution >= 0.6 is 0 Å². The second kappa shape index (κ2) is 6.56. The van der Waals surface area contributed by atoms with Crippen molar-refractivity contribution in [1.29, 1.82) is 0 Å². The normalized spacial score (nSPS) is 12.3. The molecule has 0 heterocycles. The van der Waals surface area contributed by atoms with Crippen molar-refractivity contribution < 1.29 is 9.53 Å². The highest BCUT2D eigenvalue weighted by Crippen LogP contribution is 2.45. The second-order valence-electron chi connectivity index (χ2n) is 6.49. The molecule has 0 aliphatic heterocycles. The molecule has 1 amide bonds. The Morgan fingerprint density at radius 2 is 1.46 bits per heavy atom. The number of anilines is 1. The average Bonchev–Trinajstić information content (AvgIpc) is 2.98. The molecule has 0 bridgehead atoms. The van der Waals surface area contributed by atoms with Crippen molar-refractivity contribution in [2.75, 3.05) is 12.8 Å². The van der Waals surface area contributed by atoms with E-state index in [9.17, 15) is 4.79 Å². The van der Waals surface area contributed by atoms with Gasteiger partial charge in [0.2, 0.25) is 0 Å². The van der Waals surface area contributed by atoms with Crippen LogP contribution in [0.5, 0.6) is 0 Å². The number of ether oxygens (including phenoxy) is 1. The van der Waals surface area contributed by atoms with E-state index in [1.54, 1.807) is 11.9 Å². The lowest BCUT2D eigenvalue weighted by Crippen LogP contribution is -2.28. The Hall–Kier alpha value is -3.27. The quantitative estimate of drug-likeness (QED) is 0.706. The fourth-order valence-electron chi connectivity index (χ4n) is 3.43. The number of benzene rings is 3. The first-order valence-corrected chi connectivity index (χ1v) is 8.58. The van der Waals surface area contributed by atoms with Crippen LogP contribution in [0.1, 0.15) is 22.8 Å². The van der Waals surface area contributed by atoms with Crippen LogP contribution in [0.2, 0.25) is 0 Å². The van der Waals surface area contributed by atoms with Gasteiger partial charge in [0.25, 0.3) is 0 Å². The van der Waals surface area contributed by atoms with Crippen LogP contribution in [-0.2, 0) is 11.3 Å². The first-order chi connectivity index (χ1) is 12.6. The minimum atomic E-state index is -0.384. The molecule has 0 spiro atoms. The van der Waals surface area contributed by atoms with Gasteiger partial charge in [0.1, 0.15) is 0 Å². The van der Waals surface area contributed by atoms with Crippen LogP contribution in [-0.4, -0.2) is 18.0 Å². The summed E-state index contributed by atoms with van der Waals surface area (Å²) in [6, 6.07) is 23.7. The monoisotopic (exact) mass is 344 g/mol. The maximum Gasteiger partial charge on any atom is 0.410 e. The predicted molar refractivity (Wildman–Crippen MR) is 103 cm³/mol. The van der Waals surface area contributed by atoms with Gasteiger partial charge in [-0.3, -0.25) is 0 Å². The van der Waals surface area contributed by atoms with Gasteiger partial charge < -0.3 is 15.4 Å². The van der Waals surface area contributed by atoms with Crippen LogP contribution < -0.4 is 5.73 Å². The SMILES string of the molecule is CN(Cc1ccccc1N)C(=O)OC1c2ccccc2-c2ccccc21. The molecule has 26 heavy (non-hydrogen) atoms. The number of rotatable bonds is 3. The molecule has 3 aromatic rings. The topological polar surface area (TPSA) is 55.6 Å². The van der Waals surface area contributed by atoms with E-state index in [1.807, 2.05) is 60.7 Å². The predicted octanol–water partition coefficient (Wildman–Crippen LogP) is 4.61. The van der Waals surface area contributed by atoms with Crippen LogP contribution in [0.25, 0.3) is 11.1 Å². The fourth-order valence-corrected chi connectivity index (χ4v) is 3.43. The molecule has 4 heteroatoms. The minimum absolute atomic E-state index is 0.371. The van der Waals surface area contributed by atoms with Gasteiger partial charge >= 0.3 is 6.09 Å². The lowest BCUT2D eigenvalue weighted by molar-refractivity contribution is 0.0844. The van der Waals surface area contributed by atoms with Crippen molar-refractivity contribution in [3.8, 4) is 11.1 Å². The van der Waals surface area contributed by atoms with Crippen LogP contribution in [0.15, 0.2) is 72.8 Å². The Labute approximate surface area is 152 Å². The molecule has 1 aliphatic carbocycles. The third kappa shape index (κ3) is 2.80. The summed E-state index contributed by atoms with van der Waals surface area (Å²) in [5.74, 6) is 0. The first-order valence-electron chi connectivity index (χ1n) is 8.58. The number of hydrogen-bond acceptors (Lipinski definition) is 3. The summed E-state index contributed by atoms with van der Waals surface area (Å²) in [5, 5.41) is 0. The van der Waals surface area contributed by atoms with Gasteiger partial charge in [-0.05, 0) is 22.8 Å². The van der Waals surface area contributed by atoms with Gasteiger partial charge in [-0.25, -0.2) is 4.79 Å². The third-order valence-electron chi connectivity index (χ3n) is 4.77. The summed E-state index contributed by atoms with van der Waals surface area (Å²) in [6.07, 6.45) is -0.754. The zero-order chi connectivity index (χ0) is 18.1. The molecule has 4 nitrogen and oxygen atoms in total. The number of carbonyl (C=O) groups excluding carboxylic acids is 1. The molecule has 0 unspecified atom stereocenters. The number of nitrogen functional groups attached to an aromatic ring is 1.